The van der Waals surface area contributed by atoms with Crippen molar-refractivity contribution in [2.24, 2.45) is 5.10 Å². The molecule has 1 aliphatic heterocycles. The Morgan fingerprint density at radius 2 is 1.83 bits per heavy atom. The highest BCUT2D eigenvalue weighted by Crippen LogP contribution is 2.33. The van der Waals surface area contributed by atoms with Crippen LogP contribution in [0.15, 0.2) is 58.1 Å². The van der Waals surface area contributed by atoms with E-state index >= 15 is 0 Å². The zero-order chi connectivity index (χ0) is 17.3. The van der Waals surface area contributed by atoms with Crippen LogP contribution < -0.4 is 0 Å². The maximum absolute atomic E-state index is 11.9. The zero-order valence-corrected chi connectivity index (χ0v) is 14.4. The number of hydrogen-bond acceptors (Lipinski definition) is 4. The van der Waals surface area contributed by atoms with Gasteiger partial charge in [-0.25, -0.2) is 5.01 Å². The maximum atomic E-state index is 11.9. The number of nitrogens with zero attached hydrogens (tertiary/aromatic N) is 3. The first-order chi connectivity index (χ1) is 11.5. The van der Waals surface area contributed by atoms with E-state index in [1.807, 2.05) is 24.3 Å². The van der Waals surface area contributed by atoms with Crippen molar-refractivity contribution in [2.45, 2.75) is 19.4 Å². The van der Waals surface area contributed by atoms with Gasteiger partial charge >= 0.3 is 0 Å². The molecule has 6 nitrogen and oxygen atoms in total. The monoisotopic (exact) mass is 387 g/mol. The second-order valence-corrected chi connectivity index (χ2v) is 6.40. The first-order valence-electron chi connectivity index (χ1n) is 7.33. The number of carbonyl (C=O) groups excluding carboxylic acids is 1. The Hall–Kier alpha value is -2.54. The molecule has 3 rings (SSSR count). The van der Waals surface area contributed by atoms with E-state index in [0.29, 0.717) is 6.42 Å². The summed E-state index contributed by atoms with van der Waals surface area (Å²) in [7, 11) is 0. The predicted octanol–water partition coefficient (Wildman–Crippen LogP) is 4.05. The number of rotatable bonds is 3. The number of nitro groups is 1. The molecule has 0 saturated heterocycles. The number of benzene rings is 2. The maximum Gasteiger partial charge on any atom is 0.269 e. The highest BCUT2D eigenvalue weighted by atomic mass is 79.9. The highest BCUT2D eigenvalue weighted by Gasteiger charge is 2.31. The van der Waals surface area contributed by atoms with Crippen molar-refractivity contribution in [3.8, 4) is 0 Å². The van der Waals surface area contributed by atoms with Crippen LogP contribution in [0.1, 0.15) is 30.5 Å². The predicted molar refractivity (Wildman–Crippen MR) is 93.7 cm³/mol. The molecule has 1 amide bonds. The number of halogens is 1. The Kier molecular flexibility index (Phi) is 4.44. The van der Waals surface area contributed by atoms with E-state index in [9.17, 15) is 14.9 Å². The van der Waals surface area contributed by atoms with Crippen LogP contribution >= 0.6 is 15.9 Å². The van der Waals surface area contributed by atoms with Crippen LogP contribution in [0.2, 0.25) is 0 Å². The molecule has 0 N–H and O–H groups in total. The van der Waals surface area contributed by atoms with Gasteiger partial charge in [0, 0.05) is 30.0 Å². The van der Waals surface area contributed by atoms with Crippen LogP contribution in [0.25, 0.3) is 0 Å². The van der Waals surface area contributed by atoms with Gasteiger partial charge < -0.3 is 0 Å². The van der Waals surface area contributed by atoms with Gasteiger partial charge in [0.2, 0.25) is 5.91 Å². The Bertz CT molecular complexity index is 816. The number of non-ortho nitro benzene ring substituents is 1. The lowest BCUT2D eigenvalue weighted by Crippen LogP contribution is -2.24. The standard InChI is InChI=1S/C17H14BrN3O3/c1-11(22)20-17(13-4-8-15(9-5-13)21(23)24)10-16(19-20)12-2-6-14(18)7-3-12/h2-9,17H,10H2,1H3. The third kappa shape index (κ3) is 3.21. The molecule has 1 aliphatic rings. The third-order valence-corrected chi connectivity index (χ3v) is 4.43. The molecule has 0 spiro atoms. The second kappa shape index (κ2) is 6.52. The van der Waals surface area contributed by atoms with Crippen LogP contribution in [-0.2, 0) is 4.79 Å². The lowest BCUT2D eigenvalue weighted by Gasteiger charge is -2.20. The second-order valence-electron chi connectivity index (χ2n) is 5.49. The lowest BCUT2D eigenvalue weighted by atomic mass is 9.98. The van der Waals surface area contributed by atoms with Crippen LogP contribution in [0.4, 0.5) is 5.69 Å². The summed E-state index contributed by atoms with van der Waals surface area (Å²) in [6.07, 6.45) is 0.568. The average molecular weight is 388 g/mol. The van der Waals surface area contributed by atoms with Crippen molar-refractivity contribution in [3.05, 3.63) is 74.2 Å². The number of nitro benzene ring substituents is 1. The molecule has 2 aromatic carbocycles. The van der Waals surface area contributed by atoms with E-state index in [0.717, 1.165) is 21.3 Å². The Balaban J connectivity index is 1.90. The molecule has 0 saturated carbocycles. The van der Waals surface area contributed by atoms with Gasteiger partial charge in [-0.2, -0.15) is 5.10 Å². The Morgan fingerprint density at radius 1 is 1.21 bits per heavy atom. The van der Waals surface area contributed by atoms with Crippen LogP contribution in [-0.4, -0.2) is 21.6 Å². The minimum Gasteiger partial charge on any atom is -0.273 e. The van der Waals surface area contributed by atoms with Gasteiger partial charge in [-0.05, 0) is 23.3 Å². The minimum atomic E-state index is -0.440. The number of hydrogen-bond donors (Lipinski definition) is 0. The molecule has 0 bridgehead atoms. The van der Waals surface area contributed by atoms with Crippen molar-refractivity contribution in [1.82, 2.24) is 5.01 Å². The van der Waals surface area contributed by atoms with E-state index in [2.05, 4.69) is 21.0 Å². The summed E-state index contributed by atoms with van der Waals surface area (Å²) in [5.74, 6) is -0.162. The van der Waals surface area contributed by atoms with Gasteiger partial charge in [0.1, 0.15) is 0 Å². The summed E-state index contributed by atoms with van der Waals surface area (Å²) in [6, 6.07) is 13.7. The van der Waals surface area contributed by atoms with Crippen molar-refractivity contribution >= 4 is 33.2 Å². The fourth-order valence-corrected chi connectivity index (χ4v) is 2.96. The molecule has 0 radical (unpaired) electrons. The SMILES string of the molecule is CC(=O)N1N=C(c2ccc(Br)cc2)CC1c1ccc([N+](=O)[O-])cc1. The number of amides is 1. The molecule has 0 aliphatic carbocycles. The number of carbonyl (C=O) groups is 1. The van der Waals surface area contributed by atoms with Crippen LogP contribution in [0.3, 0.4) is 0 Å². The smallest absolute Gasteiger partial charge is 0.269 e. The van der Waals surface area contributed by atoms with Crippen molar-refractivity contribution in [2.75, 3.05) is 0 Å². The van der Waals surface area contributed by atoms with Crippen LogP contribution in [0, 0.1) is 10.1 Å². The van der Waals surface area contributed by atoms with Crippen LogP contribution in [0.5, 0.6) is 0 Å². The van der Waals surface area contributed by atoms with Gasteiger partial charge in [-0.15, -0.1) is 0 Å². The summed E-state index contributed by atoms with van der Waals surface area (Å²) in [4.78, 5) is 22.3. The first kappa shape index (κ1) is 16.3. The molecular weight excluding hydrogens is 374 g/mol. The topological polar surface area (TPSA) is 75.8 Å². The van der Waals surface area contributed by atoms with Gasteiger partial charge in [-0.1, -0.05) is 40.2 Å². The van der Waals surface area contributed by atoms with Gasteiger partial charge in [0.05, 0.1) is 16.7 Å². The molecule has 2 aromatic rings. The van der Waals surface area contributed by atoms with Gasteiger partial charge in [0.25, 0.3) is 5.69 Å². The third-order valence-electron chi connectivity index (χ3n) is 3.90. The van der Waals surface area contributed by atoms with E-state index in [-0.39, 0.29) is 17.6 Å². The van der Waals surface area contributed by atoms with E-state index in [4.69, 9.17) is 0 Å². The van der Waals surface area contributed by atoms with Crippen molar-refractivity contribution in [1.29, 1.82) is 0 Å². The summed E-state index contributed by atoms with van der Waals surface area (Å²) < 4.78 is 0.972. The summed E-state index contributed by atoms with van der Waals surface area (Å²) in [6.45, 7) is 1.46. The van der Waals surface area contributed by atoms with Gasteiger partial charge in [-0.3, -0.25) is 14.9 Å². The molecular formula is C17H14BrN3O3. The Labute approximate surface area is 147 Å². The minimum absolute atomic E-state index is 0.0279. The van der Waals surface area contributed by atoms with E-state index in [1.165, 1.54) is 24.1 Å². The zero-order valence-electron chi connectivity index (χ0n) is 12.8. The normalized spacial score (nSPS) is 16.8. The fourth-order valence-electron chi connectivity index (χ4n) is 2.70. The van der Waals surface area contributed by atoms with Crippen molar-refractivity contribution in [3.63, 3.8) is 0 Å². The molecule has 1 heterocycles. The first-order valence-corrected chi connectivity index (χ1v) is 8.12. The molecule has 1 atom stereocenters. The number of hydrazone groups is 1. The quantitative estimate of drug-likeness (QED) is 0.588. The Morgan fingerprint density at radius 3 is 2.38 bits per heavy atom. The molecule has 24 heavy (non-hydrogen) atoms. The molecule has 7 heteroatoms. The molecule has 122 valence electrons. The molecule has 1 unspecified atom stereocenters. The highest BCUT2D eigenvalue weighted by molar-refractivity contribution is 9.10. The molecule has 0 fully saturated rings. The van der Waals surface area contributed by atoms with E-state index in [1.54, 1.807) is 12.1 Å². The molecule has 0 aromatic heterocycles. The summed E-state index contributed by atoms with van der Waals surface area (Å²) >= 11 is 3.40. The summed E-state index contributed by atoms with van der Waals surface area (Å²) in [5.41, 5.74) is 2.63. The summed E-state index contributed by atoms with van der Waals surface area (Å²) in [5, 5.41) is 16.7. The van der Waals surface area contributed by atoms with E-state index < -0.39 is 4.92 Å². The lowest BCUT2D eigenvalue weighted by molar-refractivity contribution is -0.384. The van der Waals surface area contributed by atoms with Gasteiger partial charge in [0.15, 0.2) is 0 Å². The largest absolute Gasteiger partial charge is 0.273 e. The van der Waals surface area contributed by atoms with Crippen molar-refractivity contribution < 1.29 is 9.72 Å². The fraction of sp³-hybridized carbons (Fsp3) is 0.176. The average Bonchev–Trinajstić information content (AvgIpc) is 3.01.